The maximum absolute atomic E-state index is 4.41. The number of H-pyrrole nitrogens is 1. The van der Waals surface area contributed by atoms with Crippen LogP contribution in [0.3, 0.4) is 0 Å². The van der Waals surface area contributed by atoms with E-state index in [0.29, 0.717) is 5.92 Å². The third-order valence-corrected chi connectivity index (χ3v) is 4.08. The molecule has 1 atom stereocenters. The molecule has 2 aromatic rings. The molecule has 1 aliphatic rings. The van der Waals surface area contributed by atoms with Crippen molar-refractivity contribution in [2.45, 2.75) is 32.2 Å². The number of aromatic nitrogens is 2. The molecule has 2 heterocycles. The molecule has 3 rings (SSSR count). The molecule has 3 nitrogen and oxygen atoms in total. The smallest absolute Gasteiger partial charge is 0.0925 e. The molecule has 0 unspecified atom stereocenters. The highest BCUT2D eigenvalue weighted by Crippen LogP contribution is 2.27. The topological polar surface area (TPSA) is 31.9 Å². The third-order valence-electron chi connectivity index (χ3n) is 4.08. The molecule has 0 amide bonds. The lowest BCUT2D eigenvalue weighted by Crippen LogP contribution is -2.34. The van der Waals surface area contributed by atoms with E-state index >= 15 is 0 Å². The van der Waals surface area contributed by atoms with Crippen LogP contribution in [0.4, 0.5) is 0 Å². The van der Waals surface area contributed by atoms with Crippen LogP contribution in [0.15, 0.2) is 36.7 Å². The first-order valence-corrected chi connectivity index (χ1v) is 7.09. The number of rotatable bonds is 3. The van der Waals surface area contributed by atoms with Crippen molar-refractivity contribution in [1.29, 1.82) is 0 Å². The first-order valence-electron chi connectivity index (χ1n) is 7.09. The number of aryl methyl sites for hydroxylation is 1. The Morgan fingerprint density at radius 1 is 1.32 bits per heavy atom. The minimum Gasteiger partial charge on any atom is -0.348 e. The number of benzene rings is 1. The number of piperidine rings is 1. The van der Waals surface area contributed by atoms with E-state index in [-0.39, 0.29) is 0 Å². The molecule has 0 bridgehead atoms. The molecule has 1 fully saturated rings. The molecule has 1 saturated heterocycles. The Labute approximate surface area is 114 Å². The molecule has 1 aromatic heterocycles. The van der Waals surface area contributed by atoms with Crippen molar-refractivity contribution >= 4 is 0 Å². The summed E-state index contributed by atoms with van der Waals surface area (Å²) in [6, 6.07) is 10.9. The van der Waals surface area contributed by atoms with Crippen LogP contribution in [0, 0.1) is 6.92 Å². The Balaban J connectivity index is 1.67. The highest BCUT2D eigenvalue weighted by Gasteiger charge is 2.21. The number of nitrogens with one attached hydrogen (secondary N) is 1. The van der Waals surface area contributed by atoms with Crippen molar-refractivity contribution in [1.82, 2.24) is 14.9 Å². The van der Waals surface area contributed by atoms with Crippen LogP contribution >= 0.6 is 0 Å². The SMILES string of the molecule is Cc1[nH]cnc1CN1CCC[C@H](c2ccccc2)C1. The summed E-state index contributed by atoms with van der Waals surface area (Å²) in [6.45, 7) is 5.41. The summed E-state index contributed by atoms with van der Waals surface area (Å²) in [5.41, 5.74) is 3.86. The fourth-order valence-corrected chi connectivity index (χ4v) is 2.95. The van der Waals surface area contributed by atoms with Crippen molar-refractivity contribution in [2.75, 3.05) is 13.1 Å². The lowest BCUT2D eigenvalue weighted by atomic mass is 9.90. The standard InChI is InChI=1S/C16H21N3/c1-13-16(18-12-17-13)11-19-9-5-8-15(10-19)14-6-3-2-4-7-14/h2-4,6-7,12,15H,5,8-11H2,1H3,(H,17,18)/t15-/m0/s1. The molecule has 100 valence electrons. The molecular weight excluding hydrogens is 234 g/mol. The van der Waals surface area contributed by atoms with Crippen LogP contribution in [-0.2, 0) is 6.54 Å². The van der Waals surface area contributed by atoms with Crippen LogP contribution in [0.25, 0.3) is 0 Å². The van der Waals surface area contributed by atoms with Gasteiger partial charge >= 0.3 is 0 Å². The number of likely N-dealkylation sites (tertiary alicyclic amines) is 1. The minimum atomic E-state index is 0.675. The maximum atomic E-state index is 4.41. The van der Waals surface area contributed by atoms with Gasteiger partial charge in [-0.05, 0) is 37.8 Å². The fourth-order valence-electron chi connectivity index (χ4n) is 2.95. The molecule has 1 N–H and O–H groups in total. The van der Waals surface area contributed by atoms with E-state index < -0.39 is 0 Å². The zero-order chi connectivity index (χ0) is 13.1. The Kier molecular flexibility index (Phi) is 3.65. The van der Waals surface area contributed by atoms with Gasteiger partial charge in [0.2, 0.25) is 0 Å². The summed E-state index contributed by atoms with van der Waals surface area (Å²) < 4.78 is 0. The molecular formula is C16H21N3. The third kappa shape index (κ3) is 2.87. The molecule has 19 heavy (non-hydrogen) atoms. The second-order valence-electron chi connectivity index (χ2n) is 5.46. The van der Waals surface area contributed by atoms with Gasteiger partial charge in [-0.25, -0.2) is 4.98 Å². The molecule has 1 aromatic carbocycles. The second kappa shape index (κ2) is 5.57. The van der Waals surface area contributed by atoms with E-state index in [0.717, 1.165) is 13.1 Å². The van der Waals surface area contributed by atoms with Gasteiger partial charge in [-0.2, -0.15) is 0 Å². The van der Waals surface area contributed by atoms with E-state index in [4.69, 9.17) is 0 Å². The predicted octanol–water partition coefficient (Wildman–Crippen LogP) is 3.10. The van der Waals surface area contributed by atoms with E-state index in [1.54, 1.807) is 6.33 Å². The number of hydrogen-bond donors (Lipinski definition) is 1. The van der Waals surface area contributed by atoms with Crippen LogP contribution in [0.5, 0.6) is 0 Å². The number of nitrogens with zero attached hydrogens (tertiary/aromatic N) is 2. The van der Waals surface area contributed by atoms with Gasteiger partial charge in [-0.1, -0.05) is 30.3 Å². The molecule has 0 saturated carbocycles. The van der Waals surface area contributed by atoms with E-state index in [1.807, 2.05) is 0 Å². The summed E-state index contributed by atoms with van der Waals surface area (Å²) in [6.07, 6.45) is 4.38. The number of imidazole rings is 1. The second-order valence-corrected chi connectivity index (χ2v) is 5.46. The predicted molar refractivity (Wildman–Crippen MR) is 77.0 cm³/mol. The first-order chi connectivity index (χ1) is 9.33. The normalized spacial score (nSPS) is 20.6. The Bertz CT molecular complexity index is 518. The fraction of sp³-hybridized carbons (Fsp3) is 0.438. The van der Waals surface area contributed by atoms with Gasteiger partial charge in [0.1, 0.15) is 0 Å². The Morgan fingerprint density at radius 3 is 2.89 bits per heavy atom. The number of aromatic amines is 1. The van der Waals surface area contributed by atoms with Crippen LogP contribution < -0.4 is 0 Å². The van der Waals surface area contributed by atoms with E-state index in [2.05, 4.69) is 52.1 Å². The van der Waals surface area contributed by atoms with Crippen molar-refractivity contribution < 1.29 is 0 Å². The zero-order valence-corrected chi connectivity index (χ0v) is 11.5. The monoisotopic (exact) mass is 255 g/mol. The van der Waals surface area contributed by atoms with Gasteiger partial charge in [0.25, 0.3) is 0 Å². The summed E-state index contributed by atoms with van der Waals surface area (Å²) >= 11 is 0. The first kappa shape index (κ1) is 12.4. The van der Waals surface area contributed by atoms with Crippen molar-refractivity contribution in [3.05, 3.63) is 53.6 Å². The van der Waals surface area contributed by atoms with Crippen LogP contribution in [0.1, 0.15) is 35.7 Å². The summed E-state index contributed by atoms with van der Waals surface area (Å²) in [5.74, 6) is 0.675. The lowest BCUT2D eigenvalue weighted by molar-refractivity contribution is 0.198. The van der Waals surface area contributed by atoms with E-state index in [1.165, 1.54) is 36.3 Å². The number of hydrogen-bond acceptors (Lipinski definition) is 2. The van der Waals surface area contributed by atoms with E-state index in [9.17, 15) is 0 Å². The van der Waals surface area contributed by atoms with Crippen LogP contribution in [0.2, 0.25) is 0 Å². The highest BCUT2D eigenvalue weighted by molar-refractivity contribution is 5.20. The Morgan fingerprint density at radius 2 is 2.16 bits per heavy atom. The summed E-state index contributed by atoms with van der Waals surface area (Å²) in [7, 11) is 0. The maximum Gasteiger partial charge on any atom is 0.0925 e. The minimum absolute atomic E-state index is 0.675. The molecule has 0 aliphatic carbocycles. The molecule has 0 spiro atoms. The van der Waals surface area contributed by atoms with Crippen LogP contribution in [-0.4, -0.2) is 28.0 Å². The van der Waals surface area contributed by atoms with Gasteiger partial charge in [0.15, 0.2) is 0 Å². The van der Waals surface area contributed by atoms with Gasteiger partial charge in [0.05, 0.1) is 12.0 Å². The summed E-state index contributed by atoms with van der Waals surface area (Å²) in [4.78, 5) is 10.1. The Hall–Kier alpha value is -1.61. The van der Waals surface area contributed by atoms with Gasteiger partial charge in [-0.15, -0.1) is 0 Å². The quantitative estimate of drug-likeness (QED) is 0.914. The van der Waals surface area contributed by atoms with Crippen molar-refractivity contribution in [3.8, 4) is 0 Å². The van der Waals surface area contributed by atoms with Crippen molar-refractivity contribution in [2.24, 2.45) is 0 Å². The molecule has 3 heteroatoms. The highest BCUT2D eigenvalue weighted by atomic mass is 15.1. The van der Waals surface area contributed by atoms with Gasteiger partial charge in [0, 0.05) is 18.8 Å². The van der Waals surface area contributed by atoms with Gasteiger partial charge in [-0.3, -0.25) is 4.90 Å². The largest absolute Gasteiger partial charge is 0.348 e. The molecule has 1 aliphatic heterocycles. The lowest BCUT2D eigenvalue weighted by Gasteiger charge is -2.32. The van der Waals surface area contributed by atoms with Gasteiger partial charge < -0.3 is 4.98 Å². The summed E-state index contributed by atoms with van der Waals surface area (Å²) in [5, 5.41) is 0. The zero-order valence-electron chi connectivity index (χ0n) is 11.5. The average molecular weight is 255 g/mol. The molecule has 0 radical (unpaired) electrons. The average Bonchev–Trinajstić information content (AvgIpc) is 2.86. The van der Waals surface area contributed by atoms with Crippen molar-refractivity contribution in [3.63, 3.8) is 0 Å².